The van der Waals surface area contributed by atoms with Gasteiger partial charge in [-0.15, -0.1) is 0 Å². The molecule has 0 aromatic carbocycles. The molecule has 6 heteroatoms. The first kappa shape index (κ1) is 12.1. The van der Waals surface area contributed by atoms with E-state index in [1.54, 1.807) is 0 Å². The molecular weight excluding hydrogens is 215 g/mol. The summed E-state index contributed by atoms with van der Waals surface area (Å²) < 4.78 is 13.1. The van der Waals surface area contributed by atoms with E-state index in [1.165, 1.54) is 12.1 Å². The molecule has 1 amide bonds. The Morgan fingerprint density at radius 3 is 2.44 bits per heavy atom. The summed E-state index contributed by atoms with van der Waals surface area (Å²) in [5, 5.41) is 10.8. The summed E-state index contributed by atoms with van der Waals surface area (Å²) in [5.41, 5.74) is -2.01. The first-order chi connectivity index (χ1) is 7.30. The average molecular weight is 226 g/mol. The minimum absolute atomic E-state index is 0.00231. The Morgan fingerprint density at radius 1 is 1.44 bits per heavy atom. The van der Waals surface area contributed by atoms with Crippen molar-refractivity contribution in [3.05, 3.63) is 23.9 Å². The van der Waals surface area contributed by atoms with E-state index in [-0.39, 0.29) is 11.4 Å². The number of pyridine rings is 1. The second-order valence-corrected chi connectivity index (χ2v) is 3.66. The number of carboxylic acid groups (broad SMARTS) is 1. The van der Waals surface area contributed by atoms with Crippen molar-refractivity contribution in [2.24, 2.45) is 0 Å². The van der Waals surface area contributed by atoms with Gasteiger partial charge in [0.05, 0.1) is 5.56 Å². The van der Waals surface area contributed by atoms with Gasteiger partial charge in [-0.25, -0.2) is 14.2 Å². The number of amides is 1. The van der Waals surface area contributed by atoms with Gasteiger partial charge < -0.3 is 10.4 Å². The van der Waals surface area contributed by atoms with Gasteiger partial charge in [-0.1, -0.05) is 0 Å². The Hall–Kier alpha value is -1.98. The van der Waals surface area contributed by atoms with Crippen LogP contribution in [0.15, 0.2) is 18.3 Å². The molecule has 0 unspecified atom stereocenters. The molecule has 2 N–H and O–H groups in total. The van der Waals surface area contributed by atoms with E-state index in [9.17, 15) is 14.0 Å². The van der Waals surface area contributed by atoms with Crippen LogP contribution in [0.5, 0.6) is 0 Å². The first-order valence-electron chi connectivity index (χ1n) is 4.50. The van der Waals surface area contributed by atoms with E-state index in [0.717, 1.165) is 20.0 Å². The number of aromatic nitrogens is 1. The number of anilines is 1. The maximum absolute atomic E-state index is 13.1. The molecule has 0 aliphatic carbocycles. The zero-order valence-corrected chi connectivity index (χ0v) is 8.82. The van der Waals surface area contributed by atoms with Crippen molar-refractivity contribution in [2.45, 2.75) is 19.5 Å². The molecule has 0 atom stereocenters. The van der Waals surface area contributed by atoms with Crippen LogP contribution >= 0.6 is 0 Å². The van der Waals surface area contributed by atoms with Gasteiger partial charge in [0, 0.05) is 6.20 Å². The largest absolute Gasteiger partial charge is 0.478 e. The van der Waals surface area contributed by atoms with Gasteiger partial charge in [0.25, 0.3) is 5.91 Å². The molecule has 1 aromatic heterocycles. The van der Waals surface area contributed by atoms with Crippen molar-refractivity contribution >= 4 is 17.7 Å². The van der Waals surface area contributed by atoms with Crippen LogP contribution in [0.1, 0.15) is 24.2 Å². The highest BCUT2D eigenvalue weighted by Crippen LogP contribution is 2.12. The molecule has 0 aliphatic rings. The number of aromatic carboxylic acids is 1. The molecule has 0 spiro atoms. The molecule has 0 saturated heterocycles. The molecule has 0 bridgehead atoms. The molecule has 0 fully saturated rings. The maximum Gasteiger partial charge on any atom is 0.337 e. The fraction of sp³-hybridized carbons (Fsp3) is 0.300. The van der Waals surface area contributed by atoms with E-state index in [0.29, 0.717) is 0 Å². The summed E-state index contributed by atoms with van der Waals surface area (Å²) in [6.07, 6.45) is 1.09. The first-order valence-corrected chi connectivity index (χ1v) is 4.50. The lowest BCUT2D eigenvalue weighted by molar-refractivity contribution is -0.125. The minimum Gasteiger partial charge on any atom is -0.478 e. The van der Waals surface area contributed by atoms with Gasteiger partial charge in [0.15, 0.2) is 5.67 Å². The van der Waals surface area contributed by atoms with Gasteiger partial charge >= 0.3 is 5.97 Å². The Labute approximate surface area is 91.3 Å². The smallest absolute Gasteiger partial charge is 0.337 e. The average Bonchev–Trinajstić information content (AvgIpc) is 2.17. The minimum atomic E-state index is -2.01. The number of halogens is 1. The highest BCUT2D eigenvalue weighted by molar-refractivity contribution is 5.96. The summed E-state index contributed by atoms with van der Waals surface area (Å²) >= 11 is 0. The van der Waals surface area contributed by atoms with Crippen LogP contribution in [0.25, 0.3) is 0 Å². The highest BCUT2D eigenvalue weighted by Gasteiger charge is 2.26. The van der Waals surface area contributed by atoms with Gasteiger partial charge in [0.1, 0.15) is 5.82 Å². The third-order valence-corrected chi connectivity index (χ3v) is 1.79. The SMILES string of the molecule is CC(C)(F)C(=O)Nc1ccc(C(=O)O)cn1. The quantitative estimate of drug-likeness (QED) is 0.817. The maximum atomic E-state index is 13.1. The van der Waals surface area contributed by atoms with Crippen LogP contribution in [0, 0.1) is 0 Å². The van der Waals surface area contributed by atoms with Crippen LogP contribution < -0.4 is 5.32 Å². The highest BCUT2D eigenvalue weighted by atomic mass is 19.1. The monoisotopic (exact) mass is 226 g/mol. The number of carbonyl (C=O) groups excluding carboxylic acids is 1. The number of alkyl halides is 1. The summed E-state index contributed by atoms with van der Waals surface area (Å²) in [4.78, 5) is 25.4. The molecule has 0 aliphatic heterocycles. The summed E-state index contributed by atoms with van der Waals surface area (Å²) in [6.45, 7) is 2.24. The topological polar surface area (TPSA) is 79.3 Å². The predicted octanol–water partition coefficient (Wildman–Crippen LogP) is 1.47. The van der Waals surface area contributed by atoms with Gasteiger partial charge in [-0.05, 0) is 26.0 Å². The molecule has 5 nitrogen and oxygen atoms in total. The van der Waals surface area contributed by atoms with Gasteiger partial charge in [-0.3, -0.25) is 4.79 Å². The Bertz CT molecular complexity index is 409. The van der Waals surface area contributed by atoms with Crippen molar-refractivity contribution < 1.29 is 19.1 Å². The van der Waals surface area contributed by atoms with Crippen LogP contribution in [-0.2, 0) is 4.79 Å². The molecule has 1 heterocycles. The Balaban J connectivity index is 2.77. The molecule has 16 heavy (non-hydrogen) atoms. The fourth-order valence-electron chi connectivity index (χ4n) is 0.859. The van der Waals surface area contributed by atoms with Crippen LogP contribution in [-0.4, -0.2) is 27.6 Å². The van der Waals surface area contributed by atoms with Crippen molar-refractivity contribution in [1.82, 2.24) is 4.98 Å². The van der Waals surface area contributed by atoms with Crippen molar-refractivity contribution in [1.29, 1.82) is 0 Å². The zero-order chi connectivity index (χ0) is 12.3. The van der Waals surface area contributed by atoms with E-state index < -0.39 is 17.5 Å². The number of rotatable bonds is 3. The predicted molar refractivity (Wildman–Crippen MR) is 55.0 cm³/mol. The van der Waals surface area contributed by atoms with Gasteiger partial charge in [-0.2, -0.15) is 0 Å². The van der Waals surface area contributed by atoms with E-state index >= 15 is 0 Å². The second kappa shape index (κ2) is 4.26. The van der Waals surface area contributed by atoms with Crippen LogP contribution in [0.4, 0.5) is 10.2 Å². The fourth-order valence-corrected chi connectivity index (χ4v) is 0.859. The number of nitrogens with one attached hydrogen (secondary N) is 1. The third kappa shape index (κ3) is 3.01. The molecular formula is C10H11FN2O3. The summed E-state index contributed by atoms with van der Waals surface area (Å²) in [5.74, 6) is -1.83. The molecule has 86 valence electrons. The van der Waals surface area contributed by atoms with Crippen LogP contribution in [0.2, 0.25) is 0 Å². The molecule has 0 radical (unpaired) electrons. The Morgan fingerprint density at radius 2 is 2.06 bits per heavy atom. The summed E-state index contributed by atoms with van der Waals surface area (Å²) in [6, 6.07) is 2.57. The number of hydrogen-bond donors (Lipinski definition) is 2. The number of carboxylic acids is 1. The number of nitrogens with zero attached hydrogens (tertiary/aromatic N) is 1. The van der Waals surface area contributed by atoms with E-state index in [4.69, 9.17) is 5.11 Å². The third-order valence-electron chi connectivity index (χ3n) is 1.79. The van der Waals surface area contributed by atoms with Crippen LogP contribution in [0.3, 0.4) is 0 Å². The number of carbonyl (C=O) groups is 2. The standard InChI is InChI=1S/C10H11FN2O3/c1-10(2,11)9(16)13-7-4-3-6(5-12-7)8(14)15/h3-5H,1-2H3,(H,14,15)(H,12,13,16). The van der Waals surface area contributed by atoms with E-state index in [1.807, 2.05) is 0 Å². The van der Waals surface area contributed by atoms with Crippen molar-refractivity contribution in [3.63, 3.8) is 0 Å². The number of hydrogen-bond acceptors (Lipinski definition) is 3. The van der Waals surface area contributed by atoms with Crippen molar-refractivity contribution in [2.75, 3.05) is 5.32 Å². The lowest BCUT2D eigenvalue weighted by Crippen LogP contribution is -2.32. The van der Waals surface area contributed by atoms with Gasteiger partial charge in [0.2, 0.25) is 0 Å². The van der Waals surface area contributed by atoms with Crippen molar-refractivity contribution in [3.8, 4) is 0 Å². The summed E-state index contributed by atoms with van der Waals surface area (Å²) in [7, 11) is 0. The molecule has 1 rings (SSSR count). The second-order valence-electron chi connectivity index (χ2n) is 3.66. The molecule has 1 aromatic rings. The lowest BCUT2D eigenvalue weighted by Gasteiger charge is -2.13. The van der Waals surface area contributed by atoms with E-state index in [2.05, 4.69) is 10.3 Å². The lowest BCUT2D eigenvalue weighted by atomic mass is 10.1. The Kier molecular flexibility index (Phi) is 3.22. The normalized spacial score (nSPS) is 10.9. The zero-order valence-electron chi connectivity index (χ0n) is 8.82. The molecule has 0 saturated carbocycles.